The van der Waals surface area contributed by atoms with Crippen molar-refractivity contribution >= 4 is 5.91 Å². The fourth-order valence-corrected chi connectivity index (χ4v) is 4.10. The molecule has 2 aromatic rings. The average molecular weight is 389 g/mol. The molecule has 4 rings (SSSR count). The molecule has 1 fully saturated rings. The topological polar surface area (TPSA) is 67.2 Å². The number of hydrogen-bond acceptors (Lipinski definition) is 3. The highest BCUT2D eigenvalue weighted by atomic mass is 19.1. The van der Waals surface area contributed by atoms with E-state index in [-0.39, 0.29) is 35.2 Å². The number of aliphatic hydroxyl groups is 1. The fourth-order valence-electron chi connectivity index (χ4n) is 4.10. The number of carbonyl (C=O) groups is 1. The van der Waals surface area contributed by atoms with Crippen molar-refractivity contribution in [2.75, 3.05) is 6.61 Å². The number of nitrogens with zero attached hydrogens (tertiary/aromatic N) is 2. The van der Waals surface area contributed by atoms with E-state index in [1.807, 2.05) is 20.8 Å². The summed E-state index contributed by atoms with van der Waals surface area (Å²) >= 11 is 0. The highest BCUT2D eigenvalue weighted by Gasteiger charge is 2.47. The molecule has 1 saturated carbocycles. The zero-order valence-electron chi connectivity index (χ0n) is 16.3. The summed E-state index contributed by atoms with van der Waals surface area (Å²) in [6, 6.07) is 2.95. The maximum absolute atomic E-state index is 14.4. The van der Waals surface area contributed by atoms with Gasteiger partial charge in [-0.25, -0.2) is 13.5 Å². The monoisotopic (exact) mass is 389 g/mol. The van der Waals surface area contributed by atoms with Crippen LogP contribution in [-0.4, -0.2) is 33.4 Å². The summed E-state index contributed by atoms with van der Waals surface area (Å²) in [6.07, 6.45) is 2.70. The third kappa shape index (κ3) is 3.21. The van der Waals surface area contributed by atoms with Gasteiger partial charge in [0, 0.05) is 17.5 Å². The van der Waals surface area contributed by atoms with E-state index in [1.165, 1.54) is 16.8 Å². The average Bonchev–Trinajstić information content (AvgIpc) is 3.31. The lowest BCUT2D eigenvalue weighted by Crippen LogP contribution is -2.46. The molecule has 28 heavy (non-hydrogen) atoms. The van der Waals surface area contributed by atoms with Gasteiger partial charge in [-0.05, 0) is 42.7 Å². The second kappa shape index (κ2) is 6.65. The van der Waals surface area contributed by atoms with Crippen LogP contribution in [0.2, 0.25) is 0 Å². The summed E-state index contributed by atoms with van der Waals surface area (Å²) < 4.78 is 29.3. The van der Waals surface area contributed by atoms with Crippen LogP contribution >= 0.6 is 0 Å². The number of halogens is 2. The van der Waals surface area contributed by atoms with Crippen LogP contribution in [0.15, 0.2) is 18.2 Å². The Morgan fingerprint density at radius 3 is 2.79 bits per heavy atom. The molecule has 0 aliphatic heterocycles. The Morgan fingerprint density at radius 1 is 1.39 bits per heavy atom. The molecule has 2 N–H and O–H groups in total. The number of rotatable bonds is 4. The lowest BCUT2D eigenvalue weighted by molar-refractivity contribution is 0.0841. The Balaban J connectivity index is 1.76. The second-order valence-corrected chi connectivity index (χ2v) is 8.94. The first kappa shape index (κ1) is 19.1. The van der Waals surface area contributed by atoms with Crippen molar-refractivity contribution in [3.63, 3.8) is 0 Å². The zero-order chi connectivity index (χ0) is 20.2. The maximum atomic E-state index is 14.4. The lowest BCUT2D eigenvalue weighted by Gasteiger charge is -2.29. The third-order valence-electron chi connectivity index (χ3n) is 5.95. The standard InChI is InChI=1S/C21H25F2N3O2/c1-21(2,3)17(10-27)24-20(28)18-13-6-4-11-8-14(11)19(13)26(25-18)16-7-5-12(22)9-15(16)23/h5,7,9,11,14,17,27H,4,6,8,10H2,1-3H3,(H,24,28)/t11?,14?,17-/m1/s1. The number of carbonyl (C=O) groups excluding carboxylic acids is 1. The Bertz CT molecular complexity index is 932. The number of amides is 1. The van der Waals surface area contributed by atoms with Gasteiger partial charge in [-0.1, -0.05) is 20.8 Å². The lowest BCUT2D eigenvalue weighted by atomic mass is 9.87. The first-order valence-electron chi connectivity index (χ1n) is 9.69. The Hall–Kier alpha value is -2.28. The number of benzene rings is 1. The van der Waals surface area contributed by atoms with E-state index in [9.17, 15) is 18.7 Å². The first-order chi connectivity index (χ1) is 13.2. The van der Waals surface area contributed by atoms with Gasteiger partial charge in [-0.15, -0.1) is 0 Å². The molecule has 2 aliphatic carbocycles. The predicted octanol–water partition coefficient (Wildman–Crippen LogP) is 3.34. The van der Waals surface area contributed by atoms with Gasteiger partial charge in [0.15, 0.2) is 11.5 Å². The van der Waals surface area contributed by atoms with E-state index in [4.69, 9.17) is 0 Å². The highest BCUT2D eigenvalue weighted by Crippen LogP contribution is 2.55. The molecule has 1 aromatic heterocycles. The molecule has 2 aliphatic rings. The van der Waals surface area contributed by atoms with E-state index in [1.54, 1.807) is 0 Å². The van der Waals surface area contributed by atoms with Gasteiger partial charge in [-0.3, -0.25) is 4.79 Å². The third-order valence-corrected chi connectivity index (χ3v) is 5.95. The van der Waals surface area contributed by atoms with Crippen LogP contribution in [0.4, 0.5) is 8.78 Å². The summed E-state index contributed by atoms with van der Waals surface area (Å²) in [5.74, 6) is -0.922. The maximum Gasteiger partial charge on any atom is 0.272 e. The molecule has 0 bridgehead atoms. The number of nitrogens with one attached hydrogen (secondary N) is 1. The van der Waals surface area contributed by atoms with E-state index in [0.717, 1.165) is 30.2 Å². The van der Waals surface area contributed by atoms with Crippen LogP contribution < -0.4 is 5.32 Å². The molecule has 3 atom stereocenters. The predicted molar refractivity (Wildman–Crippen MR) is 100 cm³/mol. The minimum absolute atomic E-state index is 0.152. The highest BCUT2D eigenvalue weighted by molar-refractivity contribution is 5.94. The molecular formula is C21H25F2N3O2. The van der Waals surface area contributed by atoms with Gasteiger partial charge in [0.25, 0.3) is 5.91 Å². The summed E-state index contributed by atoms with van der Waals surface area (Å²) in [6.45, 7) is 5.62. The van der Waals surface area contributed by atoms with Gasteiger partial charge in [0.05, 0.1) is 18.3 Å². The number of aromatic nitrogens is 2. The van der Waals surface area contributed by atoms with Crippen LogP contribution in [0, 0.1) is 23.0 Å². The normalized spacial score (nSPS) is 21.6. The minimum atomic E-state index is -0.706. The van der Waals surface area contributed by atoms with Crippen molar-refractivity contribution < 1.29 is 18.7 Å². The summed E-state index contributed by atoms with van der Waals surface area (Å²) in [5.41, 5.74) is 1.80. The van der Waals surface area contributed by atoms with Crippen molar-refractivity contribution in [2.45, 2.75) is 52.0 Å². The van der Waals surface area contributed by atoms with Crippen molar-refractivity contribution in [1.29, 1.82) is 0 Å². The molecule has 1 heterocycles. The fraction of sp³-hybridized carbons (Fsp3) is 0.524. The van der Waals surface area contributed by atoms with E-state index in [2.05, 4.69) is 10.4 Å². The van der Waals surface area contributed by atoms with Crippen LogP contribution in [0.5, 0.6) is 0 Å². The smallest absolute Gasteiger partial charge is 0.272 e. The van der Waals surface area contributed by atoms with Crippen molar-refractivity contribution in [1.82, 2.24) is 15.1 Å². The molecule has 0 saturated heterocycles. The van der Waals surface area contributed by atoms with Gasteiger partial charge >= 0.3 is 0 Å². The Morgan fingerprint density at radius 2 is 2.14 bits per heavy atom. The van der Waals surface area contributed by atoms with Gasteiger partial charge in [0.2, 0.25) is 0 Å². The van der Waals surface area contributed by atoms with Gasteiger partial charge in [-0.2, -0.15) is 5.10 Å². The van der Waals surface area contributed by atoms with E-state index in [0.29, 0.717) is 12.3 Å². The van der Waals surface area contributed by atoms with Gasteiger partial charge < -0.3 is 10.4 Å². The molecule has 5 nitrogen and oxygen atoms in total. The SMILES string of the molecule is CC(C)(C)[C@@H](CO)NC(=O)c1nn(-c2ccc(F)cc2F)c2c1CCC1CC21. The van der Waals surface area contributed by atoms with Crippen LogP contribution in [-0.2, 0) is 6.42 Å². The molecule has 0 radical (unpaired) electrons. The first-order valence-corrected chi connectivity index (χ1v) is 9.69. The largest absolute Gasteiger partial charge is 0.394 e. The zero-order valence-corrected chi connectivity index (χ0v) is 16.3. The molecule has 2 unspecified atom stereocenters. The van der Waals surface area contributed by atoms with E-state index < -0.39 is 17.7 Å². The van der Waals surface area contributed by atoms with Gasteiger partial charge in [0.1, 0.15) is 11.5 Å². The second-order valence-electron chi connectivity index (χ2n) is 8.94. The summed E-state index contributed by atoms with van der Waals surface area (Å²) in [7, 11) is 0. The number of aliphatic hydroxyl groups excluding tert-OH is 1. The summed E-state index contributed by atoms with van der Waals surface area (Å²) in [5, 5.41) is 17.0. The quantitative estimate of drug-likeness (QED) is 0.843. The van der Waals surface area contributed by atoms with Crippen molar-refractivity contribution in [3.8, 4) is 5.69 Å². The molecule has 150 valence electrons. The molecular weight excluding hydrogens is 364 g/mol. The summed E-state index contributed by atoms with van der Waals surface area (Å²) in [4.78, 5) is 13.0. The Labute approximate surface area is 162 Å². The number of fused-ring (bicyclic) bond motifs is 3. The minimum Gasteiger partial charge on any atom is -0.394 e. The van der Waals surface area contributed by atoms with Crippen LogP contribution in [0.1, 0.15) is 61.3 Å². The molecule has 1 amide bonds. The Kier molecular flexibility index (Phi) is 4.53. The number of hydrogen-bond donors (Lipinski definition) is 2. The molecule has 1 aromatic carbocycles. The van der Waals surface area contributed by atoms with Crippen molar-refractivity contribution in [3.05, 3.63) is 46.8 Å². The van der Waals surface area contributed by atoms with Crippen LogP contribution in [0.25, 0.3) is 5.69 Å². The van der Waals surface area contributed by atoms with Crippen LogP contribution in [0.3, 0.4) is 0 Å². The van der Waals surface area contributed by atoms with Crippen molar-refractivity contribution in [2.24, 2.45) is 11.3 Å². The molecule has 0 spiro atoms. The van der Waals surface area contributed by atoms with E-state index >= 15 is 0 Å². The molecule has 7 heteroatoms.